The number of hydrogen-bond acceptors (Lipinski definition) is 5. The molecule has 4 rings (SSSR count). The molecule has 0 N–H and O–H groups in total. The molecule has 1 aromatic carbocycles. The first-order valence-corrected chi connectivity index (χ1v) is 10.5. The predicted molar refractivity (Wildman–Crippen MR) is 105 cm³/mol. The van der Waals surface area contributed by atoms with Crippen LogP contribution in [0.2, 0.25) is 0 Å². The van der Waals surface area contributed by atoms with Crippen molar-refractivity contribution < 1.29 is 18.8 Å². The summed E-state index contributed by atoms with van der Waals surface area (Å²) in [6.07, 6.45) is 5.13. The number of ether oxygens (including phenoxy) is 1. The molecule has 3 aliphatic rings. The van der Waals surface area contributed by atoms with Crippen molar-refractivity contribution in [3.05, 3.63) is 35.6 Å². The first-order chi connectivity index (χ1) is 13.6. The predicted octanol–water partition coefficient (Wildman–Crippen LogP) is 3.76. The van der Waals surface area contributed by atoms with Crippen LogP contribution in [0.5, 0.6) is 0 Å². The van der Waals surface area contributed by atoms with Crippen LogP contribution in [0.15, 0.2) is 29.4 Å². The molecule has 28 heavy (non-hydrogen) atoms. The number of oxime groups is 1. The Morgan fingerprint density at radius 1 is 1.32 bits per heavy atom. The number of esters is 1. The average molecular weight is 388 g/mol. The van der Waals surface area contributed by atoms with E-state index in [0.29, 0.717) is 30.7 Å². The van der Waals surface area contributed by atoms with Crippen LogP contribution in [0, 0.1) is 17.2 Å². The molecule has 2 heterocycles. The Bertz CT molecular complexity index is 739. The fraction of sp³-hybridized carbons (Fsp3) is 0.636. The van der Waals surface area contributed by atoms with Crippen molar-refractivity contribution >= 4 is 11.7 Å². The van der Waals surface area contributed by atoms with Crippen LogP contribution in [0.4, 0.5) is 4.39 Å². The molecule has 5 nitrogen and oxygen atoms in total. The SMILES string of the molecule is CCOC(=O)C1(CC2CC(c3ccccc3F)=NO2)CCN(CC2CC2)CC1. The zero-order valence-electron chi connectivity index (χ0n) is 16.5. The zero-order valence-corrected chi connectivity index (χ0v) is 16.5. The summed E-state index contributed by atoms with van der Waals surface area (Å²) < 4.78 is 19.5. The monoisotopic (exact) mass is 388 g/mol. The van der Waals surface area contributed by atoms with Gasteiger partial charge in [-0.1, -0.05) is 23.4 Å². The minimum absolute atomic E-state index is 0.121. The maximum atomic E-state index is 14.1. The molecule has 0 bridgehead atoms. The Hall–Kier alpha value is -1.95. The third-order valence-corrected chi connectivity index (χ3v) is 6.27. The molecule has 6 heteroatoms. The molecular formula is C22H29FN2O3. The lowest BCUT2D eigenvalue weighted by atomic mass is 9.73. The highest BCUT2D eigenvalue weighted by molar-refractivity contribution is 6.01. The molecule has 1 saturated carbocycles. The van der Waals surface area contributed by atoms with Crippen LogP contribution in [0.25, 0.3) is 0 Å². The van der Waals surface area contributed by atoms with Gasteiger partial charge in [0.15, 0.2) is 0 Å². The van der Waals surface area contributed by atoms with E-state index in [-0.39, 0.29) is 17.9 Å². The van der Waals surface area contributed by atoms with E-state index >= 15 is 0 Å². The molecule has 2 aliphatic heterocycles. The van der Waals surface area contributed by atoms with Gasteiger partial charge < -0.3 is 14.5 Å². The van der Waals surface area contributed by atoms with Crippen LogP contribution >= 0.6 is 0 Å². The van der Waals surface area contributed by atoms with Crippen LogP contribution in [0.3, 0.4) is 0 Å². The fourth-order valence-electron chi connectivity index (χ4n) is 4.43. The van der Waals surface area contributed by atoms with Crippen LogP contribution in [-0.2, 0) is 14.4 Å². The van der Waals surface area contributed by atoms with E-state index in [2.05, 4.69) is 10.1 Å². The highest BCUT2D eigenvalue weighted by atomic mass is 19.1. The summed E-state index contributed by atoms with van der Waals surface area (Å²) in [6.45, 7) is 5.22. The Labute approximate surface area is 165 Å². The smallest absolute Gasteiger partial charge is 0.312 e. The molecule has 0 aromatic heterocycles. The maximum absolute atomic E-state index is 14.1. The number of rotatable bonds is 7. The summed E-state index contributed by atoms with van der Waals surface area (Å²) in [6, 6.07) is 6.61. The van der Waals surface area contributed by atoms with Crippen LogP contribution < -0.4 is 0 Å². The molecule has 0 spiro atoms. The molecule has 1 unspecified atom stereocenters. The average Bonchev–Trinajstić information content (AvgIpc) is 3.40. The van der Waals surface area contributed by atoms with E-state index in [4.69, 9.17) is 9.57 Å². The molecule has 1 saturated heterocycles. The number of carbonyl (C=O) groups is 1. The first kappa shape index (κ1) is 19.4. The van der Waals surface area contributed by atoms with Gasteiger partial charge in [0.05, 0.1) is 17.7 Å². The lowest BCUT2D eigenvalue weighted by Crippen LogP contribution is -2.47. The van der Waals surface area contributed by atoms with E-state index in [9.17, 15) is 9.18 Å². The fourth-order valence-corrected chi connectivity index (χ4v) is 4.43. The summed E-state index contributed by atoms with van der Waals surface area (Å²) in [5.41, 5.74) is 0.573. The van der Waals surface area contributed by atoms with Crippen molar-refractivity contribution in [3.8, 4) is 0 Å². The zero-order chi connectivity index (χ0) is 19.6. The Kier molecular flexibility index (Phi) is 5.67. The maximum Gasteiger partial charge on any atom is 0.312 e. The van der Waals surface area contributed by atoms with Crippen molar-refractivity contribution in [2.45, 2.75) is 51.6 Å². The molecule has 1 aliphatic carbocycles. The highest BCUT2D eigenvalue weighted by Crippen LogP contribution is 2.41. The third kappa shape index (κ3) is 4.22. The molecule has 1 atom stereocenters. The van der Waals surface area contributed by atoms with Crippen LogP contribution in [0.1, 0.15) is 51.0 Å². The summed E-state index contributed by atoms with van der Waals surface area (Å²) in [5, 5.41) is 4.13. The van der Waals surface area contributed by atoms with Crippen molar-refractivity contribution in [2.24, 2.45) is 16.5 Å². The number of piperidine rings is 1. The lowest BCUT2D eigenvalue weighted by molar-refractivity contribution is -0.161. The minimum Gasteiger partial charge on any atom is -0.466 e. The van der Waals surface area contributed by atoms with Gasteiger partial charge in [-0.25, -0.2) is 4.39 Å². The molecular weight excluding hydrogens is 359 g/mol. The third-order valence-electron chi connectivity index (χ3n) is 6.27. The van der Waals surface area contributed by atoms with Crippen LogP contribution in [-0.4, -0.2) is 48.9 Å². The molecule has 2 fully saturated rings. The summed E-state index contributed by atoms with van der Waals surface area (Å²) in [4.78, 5) is 21.0. The first-order valence-electron chi connectivity index (χ1n) is 10.5. The topological polar surface area (TPSA) is 51.1 Å². The van der Waals surface area contributed by atoms with Gasteiger partial charge in [-0.3, -0.25) is 4.79 Å². The number of nitrogens with zero attached hydrogens (tertiary/aromatic N) is 2. The lowest BCUT2D eigenvalue weighted by Gasteiger charge is -2.40. The second-order valence-electron chi connectivity index (χ2n) is 8.40. The minimum atomic E-state index is -0.527. The molecule has 0 radical (unpaired) electrons. The summed E-state index contributed by atoms with van der Waals surface area (Å²) in [7, 11) is 0. The van der Waals surface area contributed by atoms with Gasteiger partial charge in [-0.15, -0.1) is 0 Å². The van der Waals surface area contributed by atoms with Gasteiger partial charge in [0, 0.05) is 24.9 Å². The van der Waals surface area contributed by atoms with Crippen molar-refractivity contribution in [3.63, 3.8) is 0 Å². The van der Waals surface area contributed by atoms with Gasteiger partial charge in [-0.2, -0.15) is 0 Å². The second kappa shape index (κ2) is 8.19. The molecule has 1 aromatic rings. The van der Waals surface area contributed by atoms with E-state index < -0.39 is 5.41 Å². The number of halogens is 1. The van der Waals surface area contributed by atoms with Crippen molar-refractivity contribution in [2.75, 3.05) is 26.2 Å². The highest BCUT2D eigenvalue weighted by Gasteiger charge is 2.46. The number of benzene rings is 1. The van der Waals surface area contributed by atoms with Gasteiger partial charge >= 0.3 is 5.97 Å². The molecule has 152 valence electrons. The van der Waals surface area contributed by atoms with Gasteiger partial charge in [0.25, 0.3) is 0 Å². The van der Waals surface area contributed by atoms with Crippen molar-refractivity contribution in [1.82, 2.24) is 4.90 Å². The number of carbonyl (C=O) groups excluding carboxylic acids is 1. The normalized spacial score (nSPS) is 24.5. The number of hydrogen-bond donors (Lipinski definition) is 0. The second-order valence-corrected chi connectivity index (χ2v) is 8.40. The van der Waals surface area contributed by atoms with Gasteiger partial charge in [0.2, 0.25) is 0 Å². The number of likely N-dealkylation sites (tertiary alicyclic amines) is 1. The van der Waals surface area contributed by atoms with E-state index in [0.717, 1.165) is 38.4 Å². The Morgan fingerprint density at radius 2 is 2.07 bits per heavy atom. The van der Waals surface area contributed by atoms with Gasteiger partial charge in [-0.05, 0) is 57.7 Å². The van der Waals surface area contributed by atoms with Gasteiger partial charge in [0.1, 0.15) is 11.9 Å². The summed E-state index contributed by atoms with van der Waals surface area (Å²) >= 11 is 0. The Morgan fingerprint density at radius 3 is 2.75 bits per heavy atom. The largest absolute Gasteiger partial charge is 0.466 e. The summed E-state index contributed by atoms with van der Waals surface area (Å²) in [5.74, 6) is 0.438. The van der Waals surface area contributed by atoms with Crippen molar-refractivity contribution in [1.29, 1.82) is 0 Å². The Balaban J connectivity index is 1.41. The standard InChI is InChI=1S/C22H29FN2O3/c1-2-27-21(26)22(9-11-25(12-10-22)15-16-7-8-16)14-17-13-20(24-28-17)18-5-3-4-6-19(18)23/h3-6,16-17H,2,7-15H2,1H3. The molecule has 0 amide bonds. The van der Waals surface area contributed by atoms with E-state index in [1.807, 2.05) is 6.92 Å². The van der Waals surface area contributed by atoms with E-state index in [1.54, 1.807) is 18.2 Å². The quantitative estimate of drug-likeness (QED) is 0.668. The van der Waals surface area contributed by atoms with E-state index in [1.165, 1.54) is 18.9 Å².